The van der Waals surface area contributed by atoms with Gasteiger partial charge in [0.25, 0.3) is 0 Å². The topological polar surface area (TPSA) is 143 Å². The number of esters is 1. The van der Waals surface area contributed by atoms with Crippen LogP contribution >= 0.6 is 7.52 Å². The van der Waals surface area contributed by atoms with Crippen molar-refractivity contribution in [3.63, 3.8) is 0 Å². The van der Waals surface area contributed by atoms with Gasteiger partial charge in [-0.1, -0.05) is 25.1 Å². The summed E-state index contributed by atoms with van der Waals surface area (Å²) in [6.07, 6.45) is 3.01. The number of fused-ring (bicyclic) bond motifs is 1. The van der Waals surface area contributed by atoms with Gasteiger partial charge in [0.1, 0.15) is 30.0 Å². The van der Waals surface area contributed by atoms with E-state index in [1.54, 1.807) is 42.1 Å². The van der Waals surface area contributed by atoms with Gasteiger partial charge in [-0.15, -0.1) is 0 Å². The summed E-state index contributed by atoms with van der Waals surface area (Å²) in [4.78, 5) is 24.6. The van der Waals surface area contributed by atoms with Gasteiger partial charge in [-0.2, -0.15) is 0 Å². The minimum Gasteiger partial charge on any atom is -0.465 e. The molecule has 0 unspecified atom stereocenters. The number of benzene rings is 1. The number of nitrogens with two attached hydrogens (primary N) is 1. The number of para-hydroxylation sites is 1. The maximum absolute atomic E-state index is 13.6. The number of imidazole rings is 1. The first kappa shape index (κ1) is 24.6. The Hall–Kier alpha value is -3.01. The summed E-state index contributed by atoms with van der Waals surface area (Å²) in [7, 11) is -3.63. The first-order valence-corrected chi connectivity index (χ1v) is 12.4. The molecule has 3 atom stereocenters. The molecule has 0 aliphatic carbocycles. The van der Waals surface area contributed by atoms with E-state index in [1.807, 2.05) is 19.9 Å². The van der Waals surface area contributed by atoms with Crippen molar-refractivity contribution in [2.24, 2.45) is 0 Å². The Kier molecular flexibility index (Phi) is 8.37. The van der Waals surface area contributed by atoms with Crippen LogP contribution in [0.3, 0.4) is 0 Å². The SMILES string of the molecule is CCCOC(=O)[C@H](C)N[P@@](=O)(CO[C@H](C)Cn1cnc2c(N)ncnc21)Oc1ccccc1. The molecule has 3 aromatic rings. The highest BCUT2D eigenvalue weighted by atomic mass is 31.2. The van der Waals surface area contributed by atoms with E-state index in [0.717, 1.165) is 0 Å². The maximum Gasteiger partial charge on any atom is 0.342 e. The van der Waals surface area contributed by atoms with Crippen LogP contribution < -0.4 is 15.3 Å². The van der Waals surface area contributed by atoms with Crippen LogP contribution in [0.15, 0.2) is 43.0 Å². The Bertz CT molecular complexity index is 1110. The molecule has 12 heteroatoms. The van der Waals surface area contributed by atoms with Crippen LogP contribution in [-0.4, -0.2) is 50.6 Å². The van der Waals surface area contributed by atoms with E-state index in [2.05, 4.69) is 20.0 Å². The van der Waals surface area contributed by atoms with E-state index in [9.17, 15) is 9.36 Å². The molecular formula is C21H29N6O5P. The zero-order valence-corrected chi connectivity index (χ0v) is 19.8. The van der Waals surface area contributed by atoms with Gasteiger partial charge >= 0.3 is 13.5 Å². The molecule has 0 radical (unpaired) electrons. The van der Waals surface area contributed by atoms with Crippen LogP contribution in [0.1, 0.15) is 27.2 Å². The third kappa shape index (κ3) is 6.74. The zero-order chi connectivity index (χ0) is 23.8. The monoisotopic (exact) mass is 476 g/mol. The molecule has 3 N–H and O–H groups in total. The Morgan fingerprint density at radius 3 is 2.70 bits per heavy atom. The number of nitrogens with zero attached hydrogens (tertiary/aromatic N) is 4. The van der Waals surface area contributed by atoms with Crippen LogP contribution in [0.4, 0.5) is 5.82 Å². The number of ether oxygens (including phenoxy) is 2. The van der Waals surface area contributed by atoms with Gasteiger partial charge in [-0.05, 0) is 32.4 Å². The summed E-state index contributed by atoms with van der Waals surface area (Å²) in [5.41, 5.74) is 6.91. The average molecular weight is 476 g/mol. The van der Waals surface area contributed by atoms with Gasteiger partial charge in [0.15, 0.2) is 11.5 Å². The fourth-order valence-corrected chi connectivity index (χ4v) is 4.79. The Labute approximate surface area is 192 Å². The smallest absolute Gasteiger partial charge is 0.342 e. The quantitative estimate of drug-likeness (QED) is 0.296. The van der Waals surface area contributed by atoms with Crippen LogP contribution in [0, 0.1) is 0 Å². The standard InChI is InChI=1S/C21H29N6O5P/c1-4-10-30-21(28)16(3)26-33(29,32-17-8-6-5-7-9-17)14-31-15(2)11-27-13-25-18-19(22)23-12-24-20(18)27/h5-9,12-13,15-16H,4,10-11,14H2,1-3H3,(H,26,29)(H2,22,23,24)/t15-,16+,33-/m1/s1. The summed E-state index contributed by atoms with van der Waals surface area (Å²) in [5.74, 6) is 0.177. The molecule has 3 rings (SSSR count). The third-order valence-electron chi connectivity index (χ3n) is 4.60. The summed E-state index contributed by atoms with van der Waals surface area (Å²) in [5, 5.41) is 2.78. The molecule has 0 aliphatic rings. The lowest BCUT2D eigenvalue weighted by Gasteiger charge is -2.25. The molecule has 178 valence electrons. The number of carbonyl (C=O) groups is 1. The number of rotatable bonds is 12. The number of anilines is 1. The Balaban J connectivity index is 1.68. The molecule has 0 bridgehead atoms. The lowest BCUT2D eigenvalue weighted by Crippen LogP contribution is -2.36. The molecule has 33 heavy (non-hydrogen) atoms. The van der Waals surface area contributed by atoms with Gasteiger partial charge in [0.2, 0.25) is 0 Å². The predicted octanol–water partition coefficient (Wildman–Crippen LogP) is 2.97. The van der Waals surface area contributed by atoms with E-state index >= 15 is 0 Å². The molecule has 1 aromatic carbocycles. The summed E-state index contributed by atoms with van der Waals surface area (Å²) >= 11 is 0. The van der Waals surface area contributed by atoms with Gasteiger partial charge in [0.05, 0.1) is 25.6 Å². The van der Waals surface area contributed by atoms with Crippen molar-refractivity contribution in [1.82, 2.24) is 24.6 Å². The Morgan fingerprint density at radius 1 is 1.21 bits per heavy atom. The van der Waals surface area contributed by atoms with E-state index < -0.39 is 19.5 Å². The average Bonchev–Trinajstić information content (AvgIpc) is 3.20. The van der Waals surface area contributed by atoms with Crippen molar-refractivity contribution < 1.29 is 23.4 Å². The maximum atomic E-state index is 13.6. The zero-order valence-electron chi connectivity index (χ0n) is 18.9. The molecule has 0 saturated heterocycles. The van der Waals surface area contributed by atoms with E-state index in [1.165, 1.54) is 6.33 Å². The lowest BCUT2D eigenvalue weighted by molar-refractivity contribution is -0.145. The minimum atomic E-state index is -3.63. The second kappa shape index (κ2) is 11.2. The number of hydrogen-bond acceptors (Lipinski definition) is 9. The number of aromatic nitrogens is 4. The molecule has 0 amide bonds. The van der Waals surface area contributed by atoms with Crippen molar-refractivity contribution in [3.8, 4) is 5.75 Å². The highest BCUT2D eigenvalue weighted by Crippen LogP contribution is 2.44. The molecule has 11 nitrogen and oxygen atoms in total. The molecule has 0 spiro atoms. The van der Waals surface area contributed by atoms with Crippen molar-refractivity contribution in [2.75, 3.05) is 18.7 Å². The van der Waals surface area contributed by atoms with Crippen LogP contribution in [-0.2, 0) is 25.4 Å². The first-order chi connectivity index (χ1) is 15.8. The van der Waals surface area contributed by atoms with E-state index in [4.69, 9.17) is 19.7 Å². The van der Waals surface area contributed by atoms with Crippen molar-refractivity contribution in [3.05, 3.63) is 43.0 Å². The largest absolute Gasteiger partial charge is 0.465 e. The predicted molar refractivity (Wildman–Crippen MR) is 124 cm³/mol. The van der Waals surface area contributed by atoms with Gasteiger partial charge in [-0.25, -0.2) is 20.0 Å². The first-order valence-electron chi connectivity index (χ1n) is 10.6. The highest BCUT2D eigenvalue weighted by molar-refractivity contribution is 7.57. The molecule has 2 heterocycles. The van der Waals surface area contributed by atoms with Crippen LogP contribution in [0.5, 0.6) is 5.75 Å². The number of hydrogen-bond donors (Lipinski definition) is 2. The van der Waals surface area contributed by atoms with E-state index in [-0.39, 0.29) is 19.1 Å². The highest BCUT2D eigenvalue weighted by Gasteiger charge is 2.31. The van der Waals surface area contributed by atoms with Crippen LogP contribution in [0.25, 0.3) is 11.2 Å². The van der Waals surface area contributed by atoms with Crippen LogP contribution in [0.2, 0.25) is 0 Å². The molecular weight excluding hydrogens is 447 g/mol. The minimum absolute atomic E-state index is 0.266. The number of nitrogens with one attached hydrogen (secondary N) is 1. The molecule has 0 saturated carbocycles. The molecule has 2 aromatic heterocycles. The number of nitrogen functional groups attached to an aromatic ring is 1. The lowest BCUT2D eigenvalue weighted by atomic mass is 10.3. The summed E-state index contributed by atoms with van der Waals surface area (Å²) in [6, 6.07) is 7.86. The molecule has 0 fully saturated rings. The second-order valence-electron chi connectivity index (χ2n) is 7.53. The third-order valence-corrected chi connectivity index (χ3v) is 6.38. The van der Waals surface area contributed by atoms with Crippen molar-refractivity contribution in [2.45, 2.75) is 45.9 Å². The van der Waals surface area contributed by atoms with E-state index in [0.29, 0.717) is 35.7 Å². The van der Waals surface area contributed by atoms with Gasteiger partial charge in [-0.3, -0.25) is 9.36 Å². The summed E-state index contributed by atoms with van der Waals surface area (Å²) < 4.78 is 32.2. The second-order valence-corrected chi connectivity index (χ2v) is 9.58. The van der Waals surface area contributed by atoms with Crippen molar-refractivity contribution >= 4 is 30.5 Å². The molecule has 0 aliphatic heterocycles. The Morgan fingerprint density at radius 2 is 1.97 bits per heavy atom. The fourth-order valence-electron chi connectivity index (χ4n) is 3.00. The normalized spacial score (nSPS) is 15.0. The van der Waals surface area contributed by atoms with Gasteiger partial charge in [0, 0.05) is 0 Å². The fraction of sp³-hybridized carbons (Fsp3) is 0.429. The van der Waals surface area contributed by atoms with Gasteiger partial charge < -0.3 is 24.3 Å². The van der Waals surface area contributed by atoms with Crippen molar-refractivity contribution in [1.29, 1.82) is 0 Å². The number of carbonyl (C=O) groups excluding carboxylic acids is 1. The summed E-state index contributed by atoms with van der Waals surface area (Å²) in [6.45, 7) is 5.96.